The van der Waals surface area contributed by atoms with E-state index in [-0.39, 0.29) is 42.7 Å². The lowest BCUT2D eigenvalue weighted by Gasteiger charge is -2.35. The van der Waals surface area contributed by atoms with E-state index in [1.165, 1.54) is 25.7 Å². The molecule has 0 spiro atoms. The summed E-state index contributed by atoms with van der Waals surface area (Å²) >= 11 is 0. The summed E-state index contributed by atoms with van der Waals surface area (Å²) in [7, 11) is 0. The summed E-state index contributed by atoms with van der Waals surface area (Å²) in [5, 5.41) is 15.9. The minimum Gasteiger partial charge on any atom is -0.390 e. The summed E-state index contributed by atoms with van der Waals surface area (Å²) in [4.78, 5) is 14.8. The smallest absolute Gasteiger partial charge is 0.223 e. The number of aliphatic hydroxyl groups is 1. The summed E-state index contributed by atoms with van der Waals surface area (Å²) in [6.45, 7) is 3.40. The monoisotopic (exact) mass is 353 g/mol. The third-order valence-electron chi connectivity index (χ3n) is 5.25. The topological polar surface area (TPSA) is 64.6 Å². The van der Waals surface area contributed by atoms with Crippen molar-refractivity contribution in [1.82, 2.24) is 15.5 Å². The molecule has 1 amide bonds. The van der Waals surface area contributed by atoms with Gasteiger partial charge in [0.2, 0.25) is 5.91 Å². The van der Waals surface area contributed by atoms with Crippen molar-refractivity contribution in [1.29, 1.82) is 0 Å². The average molecular weight is 354 g/mol. The Morgan fingerprint density at radius 2 is 1.68 bits per heavy atom. The molecule has 5 nitrogen and oxygen atoms in total. The van der Waals surface area contributed by atoms with E-state index in [1.54, 1.807) is 0 Å². The molecule has 0 aromatic carbocycles. The fraction of sp³-hybridized carbons (Fsp3) is 0.933. The zero-order valence-corrected chi connectivity index (χ0v) is 14.6. The molecule has 7 heteroatoms. The number of amides is 1. The SMILES string of the molecule is Cl.Cl.O=C(N[C@@H]1CNC[C@H]1O)C1CCN(C2CCCC2)CC1. The molecule has 1 aliphatic carbocycles. The van der Waals surface area contributed by atoms with Crippen molar-refractivity contribution in [2.24, 2.45) is 5.92 Å². The van der Waals surface area contributed by atoms with Crippen molar-refractivity contribution in [2.45, 2.75) is 56.7 Å². The second kappa shape index (κ2) is 9.28. The molecule has 0 bridgehead atoms. The molecule has 2 heterocycles. The molecule has 1 saturated carbocycles. The van der Waals surface area contributed by atoms with Gasteiger partial charge < -0.3 is 20.6 Å². The van der Waals surface area contributed by atoms with Crippen molar-refractivity contribution in [2.75, 3.05) is 26.2 Å². The molecule has 130 valence electrons. The number of likely N-dealkylation sites (tertiary alicyclic amines) is 1. The van der Waals surface area contributed by atoms with Crippen molar-refractivity contribution < 1.29 is 9.90 Å². The molecule has 2 aliphatic heterocycles. The van der Waals surface area contributed by atoms with Crippen LogP contribution in [0.15, 0.2) is 0 Å². The van der Waals surface area contributed by atoms with E-state index in [4.69, 9.17) is 0 Å². The minimum atomic E-state index is -0.433. The van der Waals surface area contributed by atoms with Crippen LogP contribution in [-0.2, 0) is 4.79 Å². The number of carbonyl (C=O) groups excluding carboxylic acids is 1. The Morgan fingerprint density at radius 1 is 1.05 bits per heavy atom. The second-order valence-electron chi connectivity index (χ2n) is 6.59. The molecule has 3 fully saturated rings. The van der Waals surface area contributed by atoms with Crippen molar-refractivity contribution >= 4 is 30.7 Å². The Hall–Kier alpha value is -0.0700. The van der Waals surface area contributed by atoms with Crippen LogP contribution in [-0.4, -0.2) is 60.3 Å². The third-order valence-corrected chi connectivity index (χ3v) is 5.25. The first-order valence-electron chi connectivity index (χ1n) is 8.17. The molecule has 0 aromatic rings. The Balaban J connectivity index is 0.00000121. The number of rotatable bonds is 3. The lowest BCUT2D eigenvalue weighted by molar-refractivity contribution is -0.127. The summed E-state index contributed by atoms with van der Waals surface area (Å²) in [6, 6.07) is 0.676. The van der Waals surface area contributed by atoms with Gasteiger partial charge in [-0.05, 0) is 38.8 Å². The van der Waals surface area contributed by atoms with Crippen LogP contribution in [0.5, 0.6) is 0 Å². The molecule has 22 heavy (non-hydrogen) atoms. The molecule has 2 atom stereocenters. The van der Waals surface area contributed by atoms with Gasteiger partial charge in [-0.15, -0.1) is 24.8 Å². The number of aliphatic hydroxyl groups excluding tert-OH is 1. The molecule has 3 N–H and O–H groups in total. The van der Waals surface area contributed by atoms with Crippen LogP contribution in [0.2, 0.25) is 0 Å². The first-order chi connectivity index (χ1) is 9.74. The largest absolute Gasteiger partial charge is 0.390 e. The van der Waals surface area contributed by atoms with Gasteiger partial charge in [0.1, 0.15) is 0 Å². The Bertz CT molecular complexity index is 346. The predicted molar refractivity (Wildman–Crippen MR) is 91.9 cm³/mol. The lowest BCUT2D eigenvalue weighted by atomic mass is 9.94. The van der Waals surface area contributed by atoms with Gasteiger partial charge in [-0.1, -0.05) is 12.8 Å². The highest BCUT2D eigenvalue weighted by atomic mass is 35.5. The molecule has 0 unspecified atom stereocenters. The number of hydrogen-bond acceptors (Lipinski definition) is 4. The first kappa shape index (κ1) is 20.0. The van der Waals surface area contributed by atoms with Gasteiger partial charge in [-0.25, -0.2) is 0 Å². The Labute approximate surface area is 145 Å². The summed E-state index contributed by atoms with van der Waals surface area (Å²) in [5.74, 6) is 0.282. The van der Waals surface area contributed by atoms with E-state index in [1.807, 2.05) is 0 Å². The van der Waals surface area contributed by atoms with E-state index >= 15 is 0 Å². The zero-order valence-electron chi connectivity index (χ0n) is 13.0. The van der Waals surface area contributed by atoms with Crippen LogP contribution in [0.4, 0.5) is 0 Å². The number of hydrogen-bond donors (Lipinski definition) is 3. The van der Waals surface area contributed by atoms with Crippen molar-refractivity contribution in [3.8, 4) is 0 Å². The standard InChI is InChI=1S/C15H27N3O2.2ClH/c19-14-10-16-9-13(14)17-15(20)11-5-7-18(8-6-11)12-3-1-2-4-12;;/h11-14,16,19H,1-10H2,(H,17,20);2*1H/t13-,14-;;/m1../s1. The predicted octanol–water partition coefficient (Wildman–Crippen LogP) is 0.933. The number of carbonyl (C=O) groups is 1. The van der Waals surface area contributed by atoms with Crippen LogP contribution in [0.25, 0.3) is 0 Å². The van der Waals surface area contributed by atoms with Crippen LogP contribution < -0.4 is 10.6 Å². The molecule has 3 rings (SSSR count). The summed E-state index contributed by atoms with van der Waals surface area (Å²) in [6.07, 6.45) is 6.94. The number of β-amino-alcohol motifs (C(OH)–C–C–N with tert-alkyl or cyclic N) is 1. The highest BCUT2D eigenvalue weighted by molar-refractivity contribution is 5.85. The van der Waals surface area contributed by atoms with Crippen LogP contribution >= 0.6 is 24.8 Å². The van der Waals surface area contributed by atoms with Gasteiger partial charge in [-0.3, -0.25) is 4.79 Å². The fourth-order valence-electron chi connectivity index (χ4n) is 3.91. The zero-order chi connectivity index (χ0) is 13.9. The van der Waals surface area contributed by atoms with E-state index in [0.29, 0.717) is 13.1 Å². The molecular formula is C15H29Cl2N3O2. The van der Waals surface area contributed by atoms with E-state index in [2.05, 4.69) is 15.5 Å². The maximum atomic E-state index is 12.3. The fourth-order valence-corrected chi connectivity index (χ4v) is 3.91. The van der Waals surface area contributed by atoms with Gasteiger partial charge in [0.25, 0.3) is 0 Å². The van der Waals surface area contributed by atoms with Gasteiger partial charge in [-0.2, -0.15) is 0 Å². The van der Waals surface area contributed by atoms with Crippen LogP contribution in [0.3, 0.4) is 0 Å². The first-order valence-corrected chi connectivity index (χ1v) is 8.17. The molecule has 0 radical (unpaired) electrons. The van der Waals surface area contributed by atoms with Crippen molar-refractivity contribution in [3.63, 3.8) is 0 Å². The summed E-state index contributed by atoms with van der Waals surface area (Å²) < 4.78 is 0. The third kappa shape index (κ3) is 4.71. The number of nitrogens with zero attached hydrogens (tertiary/aromatic N) is 1. The molecule has 2 saturated heterocycles. The van der Waals surface area contributed by atoms with E-state index < -0.39 is 6.10 Å². The Kier molecular flexibility index (Phi) is 8.43. The normalized spacial score (nSPS) is 30.6. The van der Waals surface area contributed by atoms with Crippen molar-refractivity contribution in [3.05, 3.63) is 0 Å². The highest BCUT2D eigenvalue weighted by Crippen LogP contribution is 2.28. The maximum Gasteiger partial charge on any atom is 0.223 e. The molecule has 3 aliphatic rings. The van der Waals surface area contributed by atoms with Gasteiger partial charge in [0, 0.05) is 25.0 Å². The second-order valence-corrected chi connectivity index (χ2v) is 6.59. The quantitative estimate of drug-likeness (QED) is 0.706. The van der Waals surface area contributed by atoms with Crippen LogP contribution in [0.1, 0.15) is 38.5 Å². The van der Waals surface area contributed by atoms with Crippen LogP contribution in [0, 0.1) is 5.92 Å². The Morgan fingerprint density at radius 3 is 2.23 bits per heavy atom. The molecular weight excluding hydrogens is 325 g/mol. The minimum absolute atomic E-state index is 0. The molecule has 0 aromatic heterocycles. The maximum absolute atomic E-state index is 12.3. The summed E-state index contributed by atoms with van der Waals surface area (Å²) in [5.41, 5.74) is 0. The van der Waals surface area contributed by atoms with E-state index in [0.717, 1.165) is 32.0 Å². The number of halogens is 2. The highest BCUT2D eigenvalue weighted by Gasteiger charge is 2.32. The van der Waals surface area contributed by atoms with Gasteiger partial charge in [0.05, 0.1) is 12.1 Å². The van der Waals surface area contributed by atoms with Gasteiger partial charge in [0.15, 0.2) is 0 Å². The number of piperidine rings is 1. The average Bonchev–Trinajstić information content (AvgIpc) is 3.12. The van der Waals surface area contributed by atoms with Gasteiger partial charge >= 0.3 is 0 Å². The number of nitrogens with one attached hydrogen (secondary N) is 2. The lowest BCUT2D eigenvalue weighted by Crippen LogP contribution is -2.48. The van der Waals surface area contributed by atoms with E-state index in [9.17, 15) is 9.90 Å².